The first-order chi connectivity index (χ1) is 20.3. The van der Waals surface area contributed by atoms with Gasteiger partial charge in [-0.1, -0.05) is 94.4 Å². The molecule has 0 fully saturated rings. The fourth-order valence-corrected chi connectivity index (χ4v) is 8.68. The third-order valence-electron chi connectivity index (χ3n) is 10.9. The average molecular weight is 535 g/mol. The van der Waals surface area contributed by atoms with Crippen molar-refractivity contribution in [2.75, 3.05) is 0 Å². The van der Waals surface area contributed by atoms with Crippen LogP contribution in [0.2, 0.25) is 0 Å². The molecule has 0 heteroatoms. The van der Waals surface area contributed by atoms with Crippen LogP contribution in [0.1, 0.15) is 49.9 Å². The molecule has 0 unspecified atom stereocenters. The molecule has 0 nitrogen and oxygen atoms in total. The Labute approximate surface area is 245 Å². The summed E-state index contributed by atoms with van der Waals surface area (Å²) in [7, 11) is 0. The second-order valence-corrected chi connectivity index (χ2v) is 13.8. The van der Waals surface area contributed by atoms with Gasteiger partial charge < -0.3 is 0 Å². The lowest BCUT2D eigenvalue weighted by Crippen LogP contribution is -2.17. The number of fused-ring (bicyclic) bond motifs is 9. The maximum Gasteiger partial charge on any atom is 0.0159 e. The minimum Gasteiger partial charge on any atom is -0.0616 e. The van der Waals surface area contributed by atoms with E-state index in [-0.39, 0.29) is 10.8 Å². The molecular weight excluding hydrogens is 504 g/mol. The van der Waals surface area contributed by atoms with E-state index < -0.39 is 0 Å². The van der Waals surface area contributed by atoms with Crippen LogP contribution in [-0.4, -0.2) is 0 Å². The average Bonchev–Trinajstić information content (AvgIpc) is 3.35. The molecule has 0 aliphatic heterocycles. The fraction of sp³-hybridized carbons (Fsp3) is 0.143. The van der Waals surface area contributed by atoms with E-state index in [1.54, 1.807) is 0 Å². The summed E-state index contributed by atoms with van der Waals surface area (Å²) in [5.41, 5.74) is 11.3. The van der Waals surface area contributed by atoms with Gasteiger partial charge in [0.05, 0.1) is 0 Å². The monoisotopic (exact) mass is 534 g/mol. The molecule has 0 heterocycles. The normalized spacial score (nSPS) is 16.0. The van der Waals surface area contributed by atoms with Gasteiger partial charge in [-0.2, -0.15) is 0 Å². The van der Waals surface area contributed by atoms with Gasteiger partial charge in [0.15, 0.2) is 0 Å². The summed E-state index contributed by atoms with van der Waals surface area (Å²) in [6, 6.07) is 42.0. The van der Waals surface area contributed by atoms with Crippen LogP contribution in [0.25, 0.3) is 76.1 Å². The molecule has 10 rings (SSSR count). The molecule has 0 N–H and O–H groups in total. The summed E-state index contributed by atoms with van der Waals surface area (Å²) >= 11 is 0. The molecule has 42 heavy (non-hydrogen) atoms. The van der Waals surface area contributed by atoms with Gasteiger partial charge in [0.1, 0.15) is 0 Å². The van der Waals surface area contributed by atoms with Crippen molar-refractivity contribution in [3.8, 4) is 22.3 Å². The third kappa shape index (κ3) is 2.61. The van der Waals surface area contributed by atoms with E-state index >= 15 is 0 Å². The Morgan fingerprint density at radius 2 is 0.881 bits per heavy atom. The lowest BCUT2D eigenvalue weighted by Gasteiger charge is -2.24. The highest BCUT2D eigenvalue weighted by atomic mass is 14.5. The van der Waals surface area contributed by atoms with Crippen LogP contribution in [0.3, 0.4) is 0 Å². The van der Waals surface area contributed by atoms with Crippen molar-refractivity contribution >= 4 is 53.9 Å². The zero-order valence-corrected chi connectivity index (χ0v) is 24.4. The van der Waals surface area contributed by atoms with Gasteiger partial charge in [0.25, 0.3) is 0 Å². The topological polar surface area (TPSA) is 0 Å². The van der Waals surface area contributed by atoms with E-state index in [9.17, 15) is 0 Å². The summed E-state index contributed by atoms with van der Waals surface area (Å²) in [4.78, 5) is 0. The number of benzene rings is 8. The highest BCUT2D eigenvalue weighted by molar-refractivity contribution is 6.26. The Balaban J connectivity index is 1.28. The predicted octanol–water partition coefficient (Wildman–Crippen LogP) is 11.5. The molecule has 0 saturated carbocycles. The smallest absolute Gasteiger partial charge is 0.0159 e. The van der Waals surface area contributed by atoms with Crippen LogP contribution in [0, 0.1) is 0 Å². The summed E-state index contributed by atoms with van der Waals surface area (Å²) in [5.74, 6) is 0. The molecule has 198 valence electrons. The maximum absolute atomic E-state index is 2.57. The van der Waals surface area contributed by atoms with Crippen molar-refractivity contribution in [3.05, 3.63) is 131 Å². The zero-order valence-electron chi connectivity index (χ0n) is 24.4. The van der Waals surface area contributed by atoms with Gasteiger partial charge in [-0.3, -0.25) is 0 Å². The van der Waals surface area contributed by atoms with Crippen LogP contribution >= 0.6 is 0 Å². The van der Waals surface area contributed by atoms with E-state index in [0.717, 1.165) is 0 Å². The molecule has 8 aromatic carbocycles. The molecule has 2 aliphatic rings. The van der Waals surface area contributed by atoms with Gasteiger partial charge in [-0.15, -0.1) is 0 Å². The van der Waals surface area contributed by atoms with E-state index in [0.29, 0.717) is 0 Å². The fourth-order valence-electron chi connectivity index (χ4n) is 8.68. The Bertz CT molecular complexity index is 2490. The third-order valence-corrected chi connectivity index (χ3v) is 10.9. The van der Waals surface area contributed by atoms with E-state index in [1.807, 2.05) is 0 Å². The lowest BCUT2D eigenvalue weighted by atomic mass is 9.79. The van der Waals surface area contributed by atoms with Crippen LogP contribution in [0.4, 0.5) is 0 Å². The van der Waals surface area contributed by atoms with Crippen molar-refractivity contribution in [1.29, 1.82) is 0 Å². The number of hydrogen-bond donors (Lipinski definition) is 0. The SMILES string of the molecule is CC1(C)c2cc3c(cc2-c2cc4cc5ccccc5cc4cc21)C(C)(C)c1cc2ccc4cccc5ccc(c1-3)c2c45. The van der Waals surface area contributed by atoms with Crippen molar-refractivity contribution in [2.45, 2.75) is 38.5 Å². The van der Waals surface area contributed by atoms with Crippen molar-refractivity contribution < 1.29 is 0 Å². The second-order valence-electron chi connectivity index (χ2n) is 13.8. The molecule has 0 atom stereocenters. The second kappa shape index (κ2) is 7.20. The predicted molar refractivity (Wildman–Crippen MR) is 180 cm³/mol. The van der Waals surface area contributed by atoms with Crippen molar-refractivity contribution in [3.63, 3.8) is 0 Å². The first kappa shape index (κ1) is 22.9. The zero-order chi connectivity index (χ0) is 28.1. The Kier molecular flexibility index (Phi) is 3.93. The van der Waals surface area contributed by atoms with Crippen LogP contribution < -0.4 is 0 Å². The molecule has 0 amide bonds. The maximum atomic E-state index is 2.57. The molecule has 0 bridgehead atoms. The van der Waals surface area contributed by atoms with E-state index in [1.165, 1.54) is 98.4 Å². The Morgan fingerprint density at radius 1 is 0.357 bits per heavy atom. The van der Waals surface area contributed by atoms with Crippen LogP contribution in [-0.2, 0) is 10.8 Å². The molecule has 0 radical (unpaired) electrons. The lowest BCUT2D eigenvalue weighted by molar-refractivity contribution is 0.653. The van der Waals surface area contributed by atoms with Gasteiger partial charge >= 0.3 is 0 Å². The van der Waals surface area contributed by atoms with Gasteiger partial charge in [0, 0.05) is 10.8 Å². The minimum absolute atomic E-state index is 0.0732. The highest BCUT2D eigenvalue weighted by Gasteiger charge is 2.42. The molecule has 2 aliphatic carbocycles. The molecule has 0 spiro atoms. The van der Waals surface area contributed by atoms with Gasteiger partial charge in [-0.05, 0) is 141 Å². The molecule has 0 saturated heterocycles. The Hall–Kier alpha value is -4.68. The van der Waals surface area contributed by atoms with E-state index in [4.69, 9.17) is 0 Å². The molecule has 0 aromatic heterocycles. The van der Waals surface area contributed by atoms with Crippen LogP contribution in [0.15, 0.2) is 109 Å². The van der Waals surface area contributed by atoms with E-state index in [2.05, 4.69) is 137 Å². The molecule has 8 aromatic rings. The van der Waals surface area contributed by atoms with Crippen LogP contribution in [0.5, 0.6) is 0 Å². The minimum atomic E-state index is -0.0793. The molecular formula is C42H30. The number of rotatable bonds is 0. The summed E-state index contributed by atoms with van der Waals surface area (Å²) in [6.07, 6.45) is 0. The first-order valence-corrected chi connectivity index (χ1v) is 15.2. The van der Waals surface area contributed by atoms with Gasteiger partial charge in [-0.25, -0.2) is 0 Å². The summed E-state index contributed by atoms with van der Waals surface area (Å²) < 4.78 is 0. The highest BCUT2D eigenvalue weighted by Crippen LogP contribution is 2.58. The largest absolute Gasteiger partial charge is 0.0616 e. The Morgan fingerprint density at radius 3 is 1.64 bits per heavy atom. The van der Waals surface area contributed by atoms with Crippen molar-refractivity contribution in [2.24, 2.45) is 0 Å². The number of hydrogen-bond acceptors (Lipinski definition) is 0. The summed E-state index contributed by atoms with van der Waals surface area (Å²) in [5, 5.41) is 13.5. The van der Waals surface area contributed by atoms with Gasteiger partial charge in [0.2, 0.25) is 0 Å². The first-order valence-electron chi connectivity index (χ1n) is 15.2. The van der Waals surface area contributed by atoms with Crippen molar-refractivity contribution in [1.82, 2.24) is 0 Å². The quantitative estimate of drug-likeness (QED) is 0.134. The summed E-state index contributed by atoms with van der Waals surface area (Å²) in [6.45, 7) is 9.69. The standard InChI is InChI=1S/C42H30/c1-41(2)34-20-29-17-26-9-6-5-8-25(26)16-28(29)18-31(34)32-21-36-33(22-35(32)41)40-30-15-14-24-11-7-10-23-12-13-27(39(30)38(23)24)19-37(40)42(36,3)4/h5-22H,1-4H3.